The van der Waals surface area contributed by atoms with Crippen molar-refractivity contribution in [2.24, 2.45) is 0 Å². The number of H-pyrrole nitrogens is 1. The van der Waals surface area contributed by atoms with Gasteiger partial charge < -0.3 is 15.0 Å². The lowest BCUT2D eigenvalue weighted by Gasteiger charge is -2.41. The van der Waals surface area contributed by atoms with Crippen molar-refractivity contribution in [3.8, 4) is 0 Å². The summed E-state index contributed by atoms with van der Waals surface area (Å²) in [7, 11) is 0. The summed E-state index contributed by atoms with van der Waals surface area (Å²) in [5, 5.41) is 9.36. The van der Waals surface area contributed by atoms with Gasteiger partial charge in [0, 0.05) is 17.2 Å². The highest BCUT2D eigenvalue weighted by Gasteiger charge is 2.44. The lowest BCUT2D eigenvalue weighted by Crippen LogP contribution is -2.57. The van der Waals surface area contributed by atoms with E-state index >= 15 is 0 Å². The van der Waals surface area contributed by atoms with Crippen molar-refractivity contribution >= 4 is 27.8 Å². The van der Waals surface area contributed by atoms with Crippen molar-refractivity contribution in [2.75, 3.05) is 6.54 Å². The molecule has 1 aliphatic heterocycles. The van der Waals surface area contributed by atoms with E-state index in [2.05, 4.69) is 20.9 Å². The highest BCUT2D eigenvalue weighted by atomic mass is 79.9. The summed E-state index contributed by atoms with van der Waals surface area (Å²) < 4.78 is 0.778. The van der Waals surface area contributed by atoms with E-state index in [4.69, 9.17) is 0 Å². The Balaban J connectivity index is 2.30. The molecular formula is C12H15BrN2O3. The van der Waals surface area contributed by atoms with Gasteiger partial charge in [-0.15, -0.1) is 0 Å². The molecule has 1 unspecified atom stereocenters. The maximum absolute atomic E-state index is 12.3. The molecule has 0 radical (unpaired) electrons. The highest BCUT2D eigenvalue weighted by molar-refractivity contribution is 9.10. The van der Waals surface area contributed by atoms with Gasteiger partial charge in [-0.3, -0.25) is 4.79 Å². The Kier molecular flexibility index (Phi) is 3.47. The molecule has 0 aromatic carbocycles. The molecule has 6 heteroatoms. The number of likely N-dealkylation sites (tertiary alicyclic amines) is 1. The average molecular weight is 315 g/mol. The number of aromatic nitrogens is 1. The van der Waals surface area contributed by atoms with Crippen LogP contribution in [0.3, 0.4) is 0 Å². The third kappa shape index (κ3) is 2.16. The second-order valence-electron chi connectivity index (χ2n) is 4.72. The predicted molar refractivity (Wildman–Crippen MR) is 69.4 cm³/mol. The number of carboxylic acid groups (broad SMARTS) is 1. The van der Waals surface area contributed by atoms with Gasteiger partial charge in [0.25, 0.3) is 5.91 Å². The summed E-state index contributed by atoms with van der Waals surface area (Å²) in [6, 6.07) is 1.67. The number of carbonyl (C=O) groups is 2. The first-order valence-electron chi connectivity index (χ1n) is 5.84. The minimum Gasteiger partial charge on any atom is -0.480 e. The maximum Gasteiger partial charge on any atom is 0.329 e. The first kappa shape index (κ1) is 13.1. The molecule has 1 fully saturated rings. The molecular weight excluding hydrogens is 300 g/mol. The number of halogens is 1. The largest absolute Gasteiger partial charge is 0.480 e. The Morgan fingerprint density at radius 3 is 2.78 bits per heavy atom. The SMILES string of the molecule is CC1(C(=O)O)CCCCN1C(=O)c1cc(Br)c[nH]1. The second-order valence-corrected chi connectivity index (χ2v) is 5.64. The van der Waals surface area contributed by atoms with E-state index in [1.165, 1.54) is 4.90 Å². The van der Waals surface area contributed by atoms with Crippen LogP contribution in [-0.4, -0.2) is 39.0 Å². The van der Waals surface area contributed by atoms with Crippen LogP contribution in [0.25, 0.3) is 0 Å². The molecule has 18 heavy (non-hydrogen) atoms. The van der Waals surface area contributed by atoms with E-state index in [0.717, 1.165) is 17.3 Å². The van der Waals surface area contributed by atoms with E-state index in [9.17, 15) is 14.7 Å². The first-order valence-corrected chi connectivity index (χ1v) is 6.64. The van der Waals surface area contributed by atoms with Crippen LogP contribution in [0.1, 0.15) is 36.7 Å². The van der Waals surface area contributed by atoms with E-state index in [-0.39, 0.29) is 5.91 Å². The predicted octanol–water partition coefficient (Wildman–Crippen LogP) is 2.25. The van der Waals surface area contributed by atoms with Crippen LogP contribution in [0, 0.1) is 0 Å². The normalized spacial score (nSPS) is 24.0. The number of amides is 1. The Bertz CT molecular complexity index is 485. The quantitative estimate of drug-likeness (QED) is 0.879. The zero-order valence-electron chi connectivity index (χ0n) is 10.1. The summed E-state index contributed by atoms with van der Waals surface area (Å²) in [4.78, 5) is 28.1. The number of hydrogen-bond donors (Lipinski definition) is 2. The van der Waals surface area contributed by atoms with Crippen molar-refractivity contribution in [3.05, 3.63) is 22.4 Å². The molecule has 1 aromatic heterocycles. The van der Waals surface area contributed by atoms with Gasteiger partial charge in [0.1, 0.15) is 11.2 Å². The monoisotopic (exact) mass is 314 g/mol. The number of nitrogens with zero attached hydrogens (tertiary/aromatic N) is 1. The summed E-state index contributed by atoms with van der Waals surface area (Å²) in [5.41, 5.74) is -0.691. The fraction of sp³-hybridized carbons (Fsp3) is 0.500. The van der Waals surface area contributed by atoms with E-state index < -0.39 is 11.5 Å². The zero-order valence-corrected chi connectivity index (χ0v) is 11.7. The molecule has 1 amide bonds. The third-order valence-corrected chi connectivity index (χ3v) is 3.93. The summed E-state index contributed by atoms with van der Waals surface area (Å²) in [6.45, 7) is 2.10. The summed E-state index contributed by atoms with van der Waals surface area (Å²) in [6.07, 6.45) is 3.84. The number of hydrogen-bond acceptors (Lipinski definition) is 2. The number of rotatable bonds is 2. The van der Waals surface area contributed by atoms with Crippen molar-refractivity contribution in [2.45, 2.75) is 31.7 Å². The molecule has 1 aromatic rings. The van der Waals surface area contributed by atoms with Crippen molar-refractivity contribution in [1.29, 1.82) is 0 Å². The molecule has 1 atom stereocenters. The number of piperidine rings is 1. The van der Waals surface area contributed by atoms with Crippen LogP contribution in [0.4, 0.5) is 0 Å². The molecule has 0 aliphatic carbocycles. The van der Waals surface area contributed by atoms with Gasteiger partial charge in [-0.2, -0.15) is 0 Å². The third-order valence-electron chi connectivity index (χ3n) is 3.48. The van der Waals surface area contributed by atoms with Crippen LogP contribution >= 0.6 is 15.9 Å². The molecule has 0 spiro atoms. The molecule has 2 rings (SSSR count). The molecule has 2 heterocycles. The standard InChI is InChI=1S/C12H15BrN2O3/c1-12(11(17)18)4-2-3-5-15(12)10(16)9-6-8(13)7-14-9/h6-7,14H,2-5H2,1H3,(H,17,18). The van der Waals surface area contributed by atoms with Crippen molar-refractivity contribution in [1.82, 2.24) is 9.88 Å². The second kappa shape index (κ2) is 4.76. The van der Waals surface area contributed by atoms with Crippen LogP contribution < -0.4 is 0 Å². The topological polar surface area (TPSA) is 73.4 Å². The Hall–Kier alpha value is -1.30. The zero-order chi connectivity index (χ0) is 13.3. The number of aliphatic carboxylic acids is 1. The minimum atomic E-state index is -1.10. The van der Waals surface area contributed by atoms with Crippen LogP contribution in [-0.2, 0) is 4.79 Å². The molecule has 98 valence electrons. The molecule has 1 saturated heterocycles. The van der Waals surface area contributed by atoms with Crippen molar-refractivity contribution in [3.63, 3.8) is 0 Å². The number of carboxylic acids is 1. The molecule has 1 aliphatic rings. The van der Waals surface area contributed by atoms with E-state index in [1.54, 1.807) is 19.2 Å². The number of nitrogens with one attached hydrogen (secondary N) is 1. The highest BCUT2D eigenvalue weighted by Crippen LogP contribution is 2.29. The van der Waals surface area contributed by atoms with Crippen molar-refractivity contribution < 1.29 is 14.7 Å². The van der Waals surface area contributed by atoms with Gasteiger partial charge in [-0.05, 0) is 48.2 Å². The van der Waals surface area contributed by atoms with E-state index in [0.29, 0.717) is 18.7 Å². The lowest BCUT2D eigenvalue weighted by atomic mass is 9.88. The van der Waals surface area contributed by atoms with Crippen LogP contribution in [0.15, 0.2) is 16.7 Å². The summed E-state index contributed by atoms with van der Waals surface area (Å²) in [5.74, 6) is -1.20. The summed E-state index contributed by atoms with van der Waals surface area (Å²) >= 11 is 3.26. The van der Waals surface area contributed by atoms with Crippen LogP contribution in [0.5, 0.6) is 0 Å². The van der Waals surface area contributed by atoms with Gasteiger partial charge in [0.05, 0.1) is 0 Å². The average Bonchev–Trinajstić information content (AvgIpc) is 2.75. The van der Waals surface area contributed by atoms with E-state index in [1.807, 2.05) is 0 Å². The number of carbonyl (C=O) groups excluding carboxylic acids is 1. The minimum absolute atomic E-state index is 0.259. The smallest absolute Gasteiger partial charge is 0.329 e. The molecule has 0 saturated carbocycles. The van der Waals surface area contributed by atoms with Crippen LogP contribution in [0.2, 0.25) is 0 Å². The lowest BCUT2D eigenvalue weighted by molar-refractivity contribution is -0.150. The molecule has 0 bridgehead atoms. The Morgan fingerprint density at radius 1 is 1.50 bits per heavy atom. The van der Waals surface area contributed by atoms with Gasteiger partial charge in [0.2, 0.25) is 0 Å². The van der Waals surface area contributed by atoms with Gasteiger partial charge in [0.15, 0.2) is 0 Å². The fourth-order valence-corrected chi connectivity index (χ4v) is 2.65. The number of aromatic amines is 1. The Morgan fingerprint density at radius 2 is 2.22 bits per heavy atom. The first-order chi connectivity index (χ1) is 8.45. The van der Waals surface area contributed by atoms with Gasteiger partial charge in [-0.25, -0.2) is 4.79 Å². The fourth-order valence-electron chi connectivity index (χ4n) is 2.31. The van der Waals surface area contributed by atoms with Gasteiger partial charge >= 0.3 is 5.97 Å². The molecule has 5 nitrogen and oxygen atoms in total. The maximum atomic E-state index is 12.3. The molecule has 2 N–H and O–H groups in total. The van der Waals surface area contributed by atoms with Gasteiger partial charge in [-0.1, -0.05) is 0 Å². The Labute approximate surface area is 113 Å².